The van der Waals surface area contributed by atoms with Crippen molar-refractivity contribution in [3.05, 3.63) is 30.0 Å². The lowest BCUT2D eigenvalue weighted by Crippen LogP contribution is -2.41. The third kappa shape index (κ3) is 2.78. The van der Waals surface area contributed by atoms with Crippen molar-refractivity contribution in [3.8, 4) is 22.8 Å². The summed E-state index contributed by atoms with van der Waals surface area (Å²) < 4.78 is 15.9. The predicted octanol–water partition coefficient (Wildman–Crippen LogP) is 0.965. The second kappa shape index (κ2) is 5.88. The first-order chi connectivity index (χ1) is 11.7. The Bertz CT molecular complexity index is 801. The van der Waals surface area contributed by atoms with Crippen molar-refractivity contribution in [2.75, 3.05) is 6.79 Å². The fraction of sp³-hybridized carbons (Fsp3) is 0.312. The Morgan fingerprint density at radius 1 is 1.29 bits per heavy atom. The normalized spacial score (nSPS) is 18.5. The van der Waals surface area contributed by atoms with Crippen LogP contribution in [0, 0.1) is 0 Å². The summed E-state index contributed by atoms with van der Waals surface area (Å²) in [4.78, 5) is 23.1. The van der Waals surface area contributed by atoms with Crippen LogP contribution in [-0.2, 0) is 16.1 Å². The summed E-state index contributed by atoms with van der Waals surface area (Å²) in [6.07, 6.45) is 0.905. The molecular weight excluding hydrogens is 314 g/mol. The molecule has 4 rings (SSSR count). The van der Waals surface area contributed by atoms with E-state index < -0.39 is 6.04 Å². The minimum absolute atomic E-state index is 0.0957. The average Bonchev–Trinajstić information content (AvgIpc) is 3.32. The number of nitrogens with zero attached hydrogens (tertiary/aromatic N) is 1. The van der Waals surface area contributed by atoms with Gasteiger partial charge in [0, 0.05) is 18.1 Å². The van der Waals surface area contributed by atoms with Crippen molar-refractivity contribution in [1.82, 2.24) is 15.8 Å². The van der Waals surface area contributed by atoms with Crippen LogP contribution in [0.5, 0.6) is 11.5 Å². The van der Waals surface area contributed by atoms with Crippen molar-refractivity contribution in [2.45, 2.75) is 25.4 Å². The molecule has 24 heavy (non-hydrogen) atoms. The molecule has 1 atom stereocenters. The van der Waals surface area contributed by atoms with Crippen LogP contribution in [0.3, 0.4) is 0 Å². The molecule has 2 aliphatic heterocycles. The molecule has 8 heteroatoms. The number of hydrogen-bond acceptors (Lipinski definition) is 6. The highest BCUT2D eigenvalue weighted by molar-refractivity contribution is 5.90. The van der Waals surface area contributed by atoms with Gasteiger partial charge in [0.2, 0.25) is 18.6 Å². The molecule has 0 aliphatic carbocycles. The van der Waals surface area contributed by atoms with Gasteiger partial charge in [0.1, 0.15) is 11.7 Å². The van der Waals surface area contributed by atoms with Crippen LogP contribution in [0.1, 0.15) is 18.5 Å². The van der Waals surface area contributed by atoms with Gasteiger partial charge in [-0.25, -0.2) is 0 Å². The zero-order chi connectivity index (χ0) is 16.5. The SMILES string of the molecule is O=C1CCC(C(=O)NCc2cc(-c3ccc4c(c3)OCO4)on2)N1. The largest absolute Gasteiger partial charge is 0.454 e. The average molecular weight is 329 g/mol. The van der Waals surface area contributed by atoms with Gasteiger partial charge in [-0.05, 0) is 24.6 Å². The van der Waals surface area contributed by atoms with E-state index in [0.29, 0.717) is 35.8 Å². The van der Waals surface area contributed by atoms with Crippen LogP contribution < -0.4 is 20.1 Å². The second-order valence-corrected chi connectivity index (χ2v) is 5.63. The maximum Gasteiger partial charge on any atom is 0.242 e. The molecule has 124 valence electrons. The third-order valence-corrected chi connectivity index (χ3v) is 3.97. The van der Waals surface area contributed by atoms with E-state index in [9.17, 15) is 9.59 Å². The Morgan fingerprint density at radius 3 is 3.00 bits per heavy atom. The molecule has 2 aliphatic rings. The number of benzene rings is 1. The number of rotatable bonds is 4. The lowest BCUT2D eigenvalue weighted by molar-refractivity contribution is -0.125. The predicted molar refractivity (Wildman–Crippen MR) is 81.1 cm³/mol. The topological polar surface area (TPSA) is 103 Å². The third-order valence-electron chi connectivity index (χ3n) is 3.97. The molecule has 2 N–H and O–H groups in total. The van der Waals surface area contributed by atoms with Gasteiger partial charge in [-0.2, -0.15) is 0 Å². The molecule has 2 aromatic rings. The van der Waals surface area contributed by atoms with Gasteiger partial charge in [0.25, 0.3) is 0 Å². The van der Waals surface area contributed by atoms with E-state index in [4.69, 9.17) is 14.0 Å². The Hall–Kier alpha value is -3.03. The van der Waals surface area contributed by atoms with E-state index in [2.05, 4.69) is 15.8 Å². The number of nitrogens with one attached hydrogen (secondary N) is 2. The lowest BCUT2D eigenvalue weighted by atomic mass is 10.1. The first kappa shape index (κ1) is 14.6. The minimum Gasteiger partial charge on any atom is -0.454 e. The van der Waals surface area contributed by atoms with E-state index in [1.165, 1.54) is 0 Å². The Balaban J connectivity index is 1.40. The van der Waals surface area contributed by atoms with E-state index >= 15 is 0 Å². The van der Waals surface area contributed by atoms with Gasteiger partial charge < -0.3 is 24.6 Å². The van der Waals surface area contributed by atoms with Gasteiger partial charge in [-0.15, -0.1) is 0 Å². The molecule has 0 spiro atoms. The second-order valence-electron chi connectivity index (χ2n) is 5.63. The summed E-state index contributed by atoms with van der Waals surface area (Å²) >= 11 is 0. The maximum atomic E-state index is 12.0. The van der Waals surface area contributed by atoms with Crippen molar-refractivity contribution in [2.24, 2.45) is 0 Å². The van der Waals surface area contributed by atoms with Crippen LogP contribution >= 0.6 is 0 Å². The molecule has 1 aromatic heterocycles. The van der Waals surface area contributed by atoms with Gasteiger partial charge in [-0.1, -0.05) is 5.16 Å². The van der Waals surface area contributed by atoms with Crippen molar-refractivity contribution < 1.29 is 23.6 Å². The molecule has 3 heterocycles. The summed E-state index contributed by atoms with van der Waals surface area (Å²) in [6.45, 7) is 0.448. The summed E-state index contributed by atoms with van der Waals surface area (Å²) in [7, 11) is 0. The van der Waals surface area contributed by atoms with Crippen LogP contribution in [0.25, 0.3) is 11.3 Å². The molecule has 2 amide bonds. The number of carbonyl (C=O) groups excluding carboxylic acids is 2. The highest BCUT2D eigenvalue weighted by Gasteiger charge is 2.27. The van der Waals surface area contributed by atoms with E-state index in [1.54, 1.807) is 6.07 Å². The van der Waals surface area contributed by atoms with Gasteiger partial charge in [0.05, 0.1) is 6.54 Å². The molecule has 0 radical (unpaired) electrons. The summed E-state index contributed by atoms with van der Waals surface area (Å²) in [5, 5.41) is 9.32. The number of amides is 2. The molecular formula is C16H15N3O5. The summed E-state index contributed by atoms with van der Waals surface area (Å²) in [5.74, 6) is 1.63. The van der Waals surface area contributed by atoms with E-state index in [-0.39, 0.29) is 25.2 Å². The molecule has 1 saturated heterocycles. The first-order valence-corrected chi connectivity index (χ1v) is 7.62. The van der Waals surface area contributed by atoms with E-state index in [1.807, 2.05) is 18.2 Å². The molecule has 1 aromatic carbocycles. The van der Waals surface area contributed by atoms with Gasteiger partial charge >= 0.3 is 0 Å². The fourth-order valence-electron chi connectivity index (χ4n) is 2.69. The summed E-state index contributed by atoms with van der Waals surface area (Å²) in [6, 6.07) is 6.77. The molecule has 1 unspecified atom stereocenters. The molecule has 8 nitrogen and oxygen atoms in total. The van der Waals surface area contributed by atoms with Gasteiger partial charge in [0.15, 0.2) is 17.3 Å². The zero-order valence-electron chi connectivity index (χ0n) is 12.7. The van der Waals surface area contributed by atoms with Crippen LogP contribution in [0.4, 0.5) is 0 Å². The number of carbonyl (C=O) groups is 2. The fourth-order valence-corrected chi connectivity index (χ4v) is 2.69. The molecule has 0 bridgehead atoms. The minimum atomic E-state index is -0.460. The van der Waals surface area contributed by atoms with E-state index in [0.717, 1.165) is 5.56 Å². The number of hydrogen-bond donors (Lipinski definition) is 2. The Kier molecular flexibility index (Phi) is 3.56. The monoisotopic (exact) mass is 329 g/mol. The smallest absolute Gasteiger partial charge is 0.242 e. The number of fused-ring (bicyclic) bond motifs is 1. The number of ether oxygens (including phenoxy) is 2. The highest BCUT2D eigenvalue weighted by Crippen LogP contribution is 2.35. The standard InChI is InChI=1S/C16H15N3O5/c20-15-4-2-11(18-15)16(21)17-7-10-6-13(24-19-10)9-1-3-12-14(5-9)23-8-22-12/h1,3,5-6,11H,2,4,7-8H2,(H,17,21)(H,18,20). The van der Waals surface area contributed by atoms with Gasteiger partial charge in [-0.3, -0.25) is 9.59 Å². The highest BCUT2D eigenvalue weighted by atomic mass is 16.7. The van der Waals surface area contributed by atoms with Crippen LogP contribution in [0.2, 0.25) is 0 Å². The van der Waals surface area contributed by atoms with Crippen molar-refractivity contribution in [3.63, 3.8) is 0 Å². The van der Waals surface area contributed by atoms with Crippen molar-refractivity contribution in [1.29, 1.82) is 0 Å². The molecule has 0 saturated carbocycles. The molecule has 1 fully saturated rings. The first-order valence-electron chi connectivity index (χ1n) is 7.62. The Labute approximate surface area is 137 Å². The zero-order valence-corrected chi connectivity index (χ0v) is 12.7. The quantitative estimate of drug-likeness (QED) is 0.866. The maximum absolute atomic E-state index is 12.0. The van der Waals surface area contributed by atoms with Crippen LogP contribution in [-0.4, -0.2) is 29.8 Å². The summed E-state index contributed by atoms with van der Waals surface area (Å²) in [5.41, 5.74) is 1.41. The van der Waals surface area contributed by atoms with Crippen molar-refractivity contribution >= 4 is 11.8 Å². The lowest BCUT2D eigenvalue weighted by Gasteiger charge is -2.09. The number of aromatic nitrogens is 1. The van der Waals surface area contributed by atoms with Crippen LogP contribution in [0.15, 0.2) is 28.8 Å². The Morgan fingerprint density at radius 2 is 2.17 bits per heavy atom.